The number of aromatic amines is 1. The smallest absolute Gasteiger partial charge is 0.226 e. The third-order valence-corrected chi connectivity index (χ3v) is 4.64. The number of carbonyl (C=O) groups excluding carboxylic acids is 1. The molecule has 0 radical (unpaired) electrons. The molecule has 3 aromatic rings. The number of halogens is 2. The normalized spacial score (nSPS) is 10.8. The molecule has 0 aliphatic rings. The van der Waals surface area contributed by atoms with E-state index in [1.807, 2.05) is 31.3 Å². The zero-order chi connectivity index (χ0) is 19.2. The van der Waals surface area contributed by atoms with E-state index in [4.69, 9.17) is 11.6 Å². The number of amides is 1. The largest absolute Gasteiger partial charge is 0.345 e. The van der Waals surface area contributed by atoms with Crippen molar-refractivity contribution in [1.82, 2.24) is 15.1 Å². The number of benzene rings is 2. The van der Waals surface area contributed by atoms with Gasteiger partial charge in [-0.3, -0.25) is 9.89 Å². The second-order valence-electron chi connectivity index (χ2n) is 6.51. The lowest BCUT2D eigenvalue weighted by Gasteiger charge is -2.17. The third-order valence-electron chi connectivity index (χ3n) is 4.39. The number of hydrogen-bond donors (Lipinski definition) is 1. The summed E-state index contributed by atoms with van der Waals surface area (Å²) in [6.07, 6.45) is 1.94. The Hall–Kier alpha value is -2.66. The summed E-state index contributed by atoms with van der Waals surface area (Å²) >= 11 is 5.86. The summed E-state index contributed by atoms with van der Waals surface area (Å²) in [7, 11) is 1.81. The Morgan fingerprint density at radius 1 is 1.19 bits per heavy atom. The summed E-state index contributed by atoms with van der Waals surface area (Å²) in [4.78, 5) is 14.0. The summed E-state index contributed by atoms with van der Waals surface area (Å²) < 4.78 is 13.3. The molecule has 0 aliphatic carbocycles. The maximum atomic E-state index is 13.3. The van der Waals surface area contributed by atoms with Gasteiger partial charge in [-0.15, -0.1) is 0 Å². The zero-order valence-corrected chi connectivity index (χ0v) is 15.8. The molecule has 0 fully saturated rings. The SMILES string of the molecule is CN(CCCc1cc(-c2cccc(F)c2)n[nH]1)C(=O)Cc1ccc(Cl)cc1. The molecule has 1 N–H and O–H groups in total. The molecule has 1 amide bonds. The molecular weight excluding hydrogens is 365 g/mol. The minimum absolute atomic E-state index is 0.0717. The second kappa shape index (κ2) is 8.82. The molecule has 2 aromatic carbocycles. The summed E-state index contributed by atoms with van der Waals surface area (Å²) in [6.45, 7) is 0.654. The first-order valence-corrected chi connectivity index (χ1v) is 9.18. The van der Waals surface area contributed by atoms with Crippen LogP contribution in [0.25, 0.3) is 11.3 Å². The highest BCUT2D eigenvalue weighted by Crippen LogP contribution is 2.19. The monoisotopic (exact) mass is 385 g/mol. The Labute approximate surface area is 163 Å². The average Bonchev–Trinajstić information content (AvgIpc) is 3.12. The summed E-state index contributed by atoms with van der Waals surface area (Å²) in [5.41, 5.74) is 3.38. The quantitative estimate of drug-likeness (QED) is 0.650. The van der Waals surface area contributed by atoms with E-state index in [1.165, 1.54) is 12.1 Å². The van der Waals surface area contributed by atoms with Gasteiger partial charge in [0.05, 0.1) is 12.1 Å². The summed E-state index contributed by atoms with van der Waals surface area (Å²) in [5, 5.41) is 7.89. The highest BCUT2D eigenvalue weighted by molar-refractivity contribution is 6.30. The Kier molecular flexibility index (Phi) is 6.24. The molecule has 1 aromatic heterocycles. The van der Waals surface area contributed by atoms with Gasteiger partial charge < -0.3 is 4.90 Å². The van der Waals surface area contributed by atoms with E-state index >= 15 is 0 Å². The van der Waals surface area contributed by atoms with Gasteiger partial charge in [0.15, 0.2) is 0 Å². The summed E-state index contributed by atoms with van der Waals surface area (Å²) in [6, 6.07) is 15.6. The number of hydrogen-bond acceptors (Lipinski definition) is 2. The van der Waals surface area contributed by atoms with Gasteiger partial charge in [-0.2, -0.15) is 5.10 Å². The van der Waals surface area contributed by atoms with Crippen molar-refractivity contribution in [1.29, 1.82) is 0 Å². The summed E-state index contributed by atoms with van der Waals surface area (Å²) in [5.74, 6) is -0.208. The standard InChI is InChI=1S/C21H21ClFN3O/c1-26(21(27)12-15-7-9-17(22)10-8-15)11-3-6-19-14-20(25-24-19)16-4-2-5-18(23)13-16/h2,4-5,7-10,13-14H,3,6,11-12H2,1H3,(H,24,25). The molecule has 0 spiro atoms. The van der Waals surface area contributed by atoms with Gasteiger partial charge in [0.1, 0.15) is 5.82 Å². The molecule has 0 saturated carbocycles. The van der Waals surface area contributed by atoms with Crippen LogP contribution in [-0.4, -0.2) is 34.6 Å². The van der Waals surface area contributed by atoms with Crippen molar-refractivity contribution in [2.24, 2.45) is 0 Å². The highest BCUT2D eigenvalue weighted by Gasteiger charge is 2.10. The number of rotatable bonds is 7. The number of aromatic nitrogens is 2. The molecule has 4 nitrogen and oxygen atoms in total. The molecule has 27 heavy (non-hydrogen) atoms. The molecular formula is C21H21ClFN3O. The average molecular weight is 386 g/mol. The number of aryl methyl sites for hydroxylation is 1. The minimum Gasteiger partial charge on any atom is -0.345 e. The number of nitrogens with zero attached hydrogens (tertiary/aromatic N) is 2. The molecule has 0 aliphatic heterocycles. The number of likely N-dealkylation sites (N-methyl/N-ethyl adjacent to an activating group) is 1. The van der Waals surface area contributed by atoms with Crippen LogP contribution in [0.3, 0.4) is 0 Å². The van der Waals surface area contributed by atoms with E-state index in [1.54, 1.807) is 23.1 Å². The number of H-pyrrole nitrogens is 1. The van der Waals surface area contributed by atoms with E-state index in [-0.39, 0.29) is 11.7 Å². The van der Waals surface area contributed by atoms with Crippen molar-refractivity contribution in [3.05, 3.63) is 76.7 Å². The highest BCUT2D eigenvalue weighted by atomic mass is 35.5. The van der Waals surface area contributed by atoms with Crippen LogP contribution in [0.5, 0.6) is 0 Å². The van der Waals surface area contributed by atoms with Crippen LogP contribution in [0.4, 0.5) is 4.39 Å². The first kappa shape index (κ1) is 19.1. The van der Waals surface area contributed by atoms with Crippen molar-refractivity contribution < 1.29 is 9.18 Å². The van der Waals surface area contributed by atoms with Gasteiger partial charge in [0.2, 0.25) is 5.91 Å². The fourth-order valence-electron chi connectivity index (χ4n) is 2.83. The lowest BCUT2D eigenvalue weighted by atomic mass is 10.1. The second-order valence-corrected chi connectivity index (χ2v) is 6.95. The Bertz CT molecular complexity index is 908. The predicted molar refractivity (Wildman–Crippen MR) is 105 cm³/mol. The first-order chi connectivity index (χ1) is 13.0. The molecule has 0 bridgehead atoms. The van der Waals surface area contributed by atoms with Crippen LogP contribution in [0.1, 0.15) is 17.7 Å². The molecule has 0 saturated heterocycles. The van der Waals surface area contributed by atoms with Crippen LogP contribution < -0.4 is 0 Å². The van der Waals surface area contributed by atoms with E-state index in [0.29, 0.717) is 18.0 Å². The maximum Gasteiger partial charge on any atom is 0.226 e. The van der Waals surface area contributed by atoms with Gasteiger partial charge in [-0.25, -0.2) is 4.39 Å². The van der Waals surface area contributed by atoms with Gasteiger partial charge >= 0.3 is 0 Å². The van der Waals surface area contributed by atoms with Crippen LogP contribution in [0, 0.1) is 5.82 Å². The number of nitrogens with one attached hydrogen (secondary N) is 1. The van der Waals surface area contributed by atoms with Gasteiger partial charge in [0, 0.05) is 29.9 Å². The van der Waals surface area contributed by atoms with E-state index in [2.05, 4.69) is 10.2 Å². The zero-order valence-electron chi connectivity index (χ0n) is 15.1. The minimum atomic E-state index is -0.280. The van der Waals surface area contributed by atoms with Crippen LogP contribution in [0.2, 0.25) is 5.02 Å². The van der Waals surface area contributed by atoms with E-state index < -0.39 is 0 Å². The van der Waals surface area contributed by atoms with Crippen molar-refractivity contribution in [3.8, 4) is 11.3 Å². The molecule has 3 rings (SSSR count). The topological polar surface area (TPSA) is 49.0 Å². The van der Waals surface area contributed by atoms with Crippen molar-refractivity contribution in [3.63, 3.8) is 0 Å². The van der Waals surface area contributed by atoms with Crippen LogP contribution in [0.15, 0.2) is 54.6 Å². The van der Waals surface area contributed by atoms with E-state index in [0.717, 1.165) is 35.4 Å². The van der Waals surface area contributed by atoms with Gasteiger partial charge in [-0.05, 0) is 48.7 Å². The van der Waals surface area contributed by atoms with Crippen molar-refractivity contribution in [2.75, 3.05) is 13.6 Å². The molecule has 6 heteroatoms. The Balaban J connectivity index is 1.48. The number of carbonyl (C=O) groups is 1. The maximum absolute atomic E-state index is 13.3. The van der Waals surface area contributed by atoms with Crippen molar-refractivity contribution >= 4 is 17.5 Å². The lowest BCUT2D eigenvalue weighted by Crippen LogP contribution is -2.29. The van der Waals surface area contributed by atoms with E-state index in [9.17, 15) is 9.18 Å². The fourth-order valence-corrected chi connectivity index (χ4v) is 2.95. The van der Waals surface area contributed by atoms with Gasteiger partial charge in [0.25, 0.3) is 0 Å². The van der Waals surface area contributed by atoms with Crippen LogP contribution >= 0.6 is 11.6 Å². The van der Waals surface area contributed by atoms with Crippen molar-refractivity contribution in [2.45, 2.75) is 19.3 Å². The van der Waals surface area contributed by atoms with Gasteiger partial charge in [-0.1, -0.05) is 35.9 Å². The molecule has 1 heterocycles. The fraction of sp³-hybridized carbons (Fsp3) is 0.238. The Morgan fingerprint density at radius 3 is 2.70 bits per heavy atom. The Morgan fingerprint density at radius 2 is 1.96 bits per heavy atom. The molecule has 0 atom stereocenters. The first-order valence-electron chi connectivity index (χ1n) is 8.80. The molecule has 140 valence electrons. The molecule has 0 unspecified atom stereocenters. The predicted octanol–water partition coefficient (Wildman–Crippen LogP) is 4.50. The third kappa shape index (κ3) is 5.41. The van der Waals surface area contributed by atoms with Crippen LogP contribution in [-0.2, 0) is 17.6 Å². The lowest BCUT2D eigenvalue weighted by molar-refractivity contribution is -0.129.